The lowest BCUT2D eigenvalue weighted by Crippen LogP contribution is -2.28. The number of hydrogen-bond donors (Lipinski definition) is 1. The summed E-state index contributed by atoms with van der Waals surface area (Å²) in [6.07, 6.45) is 0. The normalized spacial score (nSPS) is 13.2. The van der Waals surface area contributed by atoms with Gasteiger partial charge in [0.25, 0.3) is 0 Å². The van der Waals surface area contributed by atoms with Gasteiger partial charge in [0.2, 0.25) is 0 Å². The predicted octanol–water partition coefficient (Wildman–Crippen LogP) is 4.20. The third-order valence-electron chi connectivity index (χ3n) is 2.29. The number of halogens is 4. The van der Waals surface area contributed by atoms with E-state index in [2.05, 4.69) is 15.9 Å². The first-order valence-electron chi connectivity index (χ1n) is 4.63. The molecule has 0 fully saturated rings. The lowest BCUT2D eigenvalue weighted by Gasteiger charge is -2.28. The van der Waals surface area contributed by atoms with Gasteiger partial charge in [-0.05, 0) is 17.5 Å². The fourth-order valence-corrected chi connectivity index (χ4v) is 1.69. The van der Waals surface area contributed by atoms with Crippen LogP contribution in [0.5, 0.6) is 0 Å². The van der Waals surface area contributed by atoms with Crippen LogP contribution in [0.1, 0.15) is 32.4 Å². The highest BCUT2D eigenvalue weighted by atomic mass is 79.9. The van der Waals surface area contributed by atoms with Crippen molar-refractivity contribution in [3.8, 4) is 0 Å². The van der Waals surface area contributed by atoms with Gasteiger partial charge in [0.15, 0.2) is 0 Å². The Labute approximate surface area is 109 Å². The summed E-state index contributed by atoms with van der Waals surface area (Å²) < 4.78 is 27.5. The Morgan fingerprint density at radius 1 is 1.19 bits per heavy atom. The van der Waals surface area contributed by atoms with Gasteiger partial charge in [-0.25, -0.2) is 8.78 Å². The fourth-order valence-electron chi connectivity index (χ4n) is 1.28. The van der Waals surface area contributed by atoms with Crippen molar-refractivity contribution >= 4 is 28.3 Å². The zero-order chi connectivity index (χ0) is 11.8. The molecule has 0 aliphatic carbocycles. The lowest BCUT2D eigenvalue weighted by atomic mass is 9.82. The second-order valence-corrected chi connectivity index (χ2v) is 5.54. The SMILES string of the molecule is CC(C)(C)[C@@H](N)c1c(F)cc(Br)cc1F.Cl. The molecule has 1 atom stereocenters. The van der Waals surface area contributed by atoms with Gasteiger partial charge in [-0.3, -0.25) is 0 Å². The molecule has 0 spiro atoms. The Morgan fingerprint density at radius 3 is 1.88 bits per heavy atom. The predicted molar refractivity (Wildman–Crippen MR) is 67.7 cm³/mol. The van der Waals surface area contributed by atoms with E-state index in [0.29, 0.717) is 4.47 Å². The van der Waals surface area contributed by atoms with Gasteiger partial charge in [-0.1, -0.05) is 36.7 Å². The van der Waals surface area contributed by atoms with Gasteiger partial charge in [-0.15, -0.1) is 12.4 Å². The second-order valence-electron chi connectivity index (χ2n) is 4.63. The molecule has 1 nitrogen and oxygen atoms in total. The van der Waals surface area contributed by atoms with E-state index in [1.807, 2.05) is 20.8 Å². The molecule has 1 rings (SSSR count). The standard InChI is InChI=1S/C11H14BrF2N.ClH/c1-11(2,3)10(15)9-7(13)4-6(12)5-8(9)14;/h4-5,10H,15H2,1-3H3;1H/t10-;/m0./s1. The molecule has 1 aromatic rings. The van der Waals surface area contributed by atoms with Crippen molar-refractivity contribution in [2.24, 2.45) is 11.1 Å². The zero-order valence-electron chi connectivity index (χ0n) is 9.35. The second kappa shape index (κ2) is 5.43. The molecule has 2 N–H and O–H groups in total. The highest BCUT2D eigenvalue weighted by Gasteiger charge is 2.27. The molecular weight excluding hydrogens is 299 g/mol. The van der Waals surface area contributed by atoms with Crippen LogP contribution in [0.4, 0.5) is 8.78 Å². The molecule has 0 amide bonds. The number of rotatable bonds is 1. The fraction of sp³-hybridized carbons (Fsp3) is 0.455. The molecule has 92 valence electrons. The van der Waals surface area contributed by atoms with Gasteiger partial charge < -0.3 is 5.73 Å². The van der Waals surface area contributed by atoms with Gasteiger partial charge in [0, 0.05) is 16.1 Å². The van der Waals surface area contributed by atoms with Crippen molar-refractivity contribution in [3.63, 3.8) is 0 Å². The Balaban J connectivity index is 0.00000225. The topological polar surface area (TPSA) is 26.0 Å². The van der Waals surface area contributed by atoms with Crippen molar-refractivity contribution in [1.82, 2.24) is 0 Å². The summed E-state index contributed by atoms with van der Waals surface area (Å²) in [6, 6.07) is 1.79. The first kappa shape index (κ1) is 15.8. The van der Waals surface area contributed by atoms with E-state index in [-0.39, 0.29) is 23.4 Å². The molecule has 0 saturated carbocycles. The average Bonchev–Trinajstić information content (AvgIpc) is 1.99. The summed E-state index contributed by atoms with van der Waals surface area (Å²) in [6.45, 7) is 5.54. The van der Waals surface area contributed by atoms with Crippen LogP contribution in [0.15, 0.2) is 16.6 Å². The van der Waals surface area contributed by atoms with Crippen LogP contribution in [0.25, 0.3) is 0 Å². The van der Waals surface area contributed by atoms with Crippen LogP contribution in [0.2, 0.25) is 0 Å². The minimum atomic E-state index is -0.661. The van der Waals surface area contributed by atoms with Gasteiger partial charge in [0.1, 0.15) is 11.6 Å². The van der Waals surface area contributed by atoms with Gasteiger partial charge >= 0.3 is 0 Å². The minimum Gasteiger partial charge on any atom is -0.323 e. The molecular formula is C11H15BrClF2N. The lowest BCUT2D eigenvalue weighted by molar-refractivity contribution is 0.310. The number of hydrogen-bond acceptors (Lipinski definition) is 1. The summed E-state index contributed by atoms with van der Waals surface area (Å²) in [4.78, 5) is 0. The van der Waals surface area contributed by atoms with Crippen molar-refractivity contribution in [3.05, 3.63) is 33.8 Å². The Morgan fingerprint density at radius 2 is 1.56 bits per heavy atom. The number of nitrogens with two attached hydrogens (primary N) is 1. The van der Waals surface area contributed by atoms with Crippen LogP contribution in [0.3, 0.4) is 0 Å². The van der Waals surface area contributed by atoms with Crippen LogP contribution in [0, 0.1) is 17.0 Å². The molecule has 0 aliphatic rings. The molecule has 16 heavy (non-hydrogen) atoms. The third kappa shape index (κ3) is 3.40. The average molecular weight is 315 g/mol. The van der Waals surface area contributed by atoms with Gasteiger partial charge in [-0.2, -0.15) is 0 Å². The van der Waals surface area contributed by atoms with E-state index >= 15 is 0 Å². The molecule has 0 unspecified atom stereocenters. The van der Waals surface area contributed by atoms with Crippen molar-refractivity contribution < 1.29 is 8.78 Å². The summed E-state index contributed by atoms with van der Waals surface area (Å²) in [5, 5.41) is 0. The molecule has 0 radical (unpaired) electrons. The smallest absolute Gasteiger partial charge is 0.132 e. The summed E-state index contributed by atoms with van der Waals surface area (Å²) in [5.41, 5.74) is 5.40. The first-order chi connectivity index (χ1) is 6.73. The van der Waals surface area contributed by atoms with Crippen LogP contribution >= 0.6 is 28.3 Å². The maximum absolute atomic E-state index is 13.5. The maximum atomic E-state index is 13.5. The third-order valence-corrected chi connectivity index (χ3v) is 2.75. The molecule has 0 heterocycles. The number of benzene rings is 1. The highest BCUT2D eigenvalue weighted by Crippen LogP contribution is 2.34. The maximum Gasteiger partial charge on any atom is 0.132 e. The van der Waals surface area contributed by atoms with Crippen LogP contribution < -0.4 is 5.73 Å². The van der Waals surface area contributed by atoms with Crippen LogP contribution in [-0.4, -0.2) is 0 Å². The van der Waals surface area contributed by atoms with Crippen LogP contribution in [-0.2, 0) is 0 Å². The van der Waals surface area contributed by atoms with E-state index in [1.54, 1.807) is 0 Å². The summed E-state index contributed by atoms with van der Waals surface area (Å²) in [7, 11) is 0. The molecule has 0 saturated heterocycles. The summed E-state index contributed by atoms with van der Waals surface area (Å²) >= 11 is 3.03. The zero-order valence-corrected chi connectivity index (χ0v) is 11.8. The molecule has 1 aromatic carbocycles. The van der Waals surface area contributed by atoms with Crippen molar-refractivity contribution in [2.45, 2.75) is 26.8 Å². The molecule has 0 aliphatic heterocycles. The monoisotopic (exact) mass is 313 g/mol. The van der Waals surface area contributed by atoms with E-state index in [9.17, 15) is 8.78 Å². The largest absolute Gasteiger partial charge is 0.323 e. The van der Waals surface area contributed by atoms with Crippen molar-refractivity contribution in [1.29, 1.82) is 0 Å². The Hall–Kier alpha value is -0.190. The van der Waals surface area contributed by atoms with E-state index < -0.39 is 17.7 Å². The van der Waals surface area contributed by atoms with E-state index in [1.165, 1.54) is 12.1 Å². The van der Waals surface area contributed by atoms with E-state index in [0.717, 1.165) is 0 Å². The summed E-state index contributed by atoms with van der Waals surface area (Å²) in [5.74, 6) is -1.21. The quantitative estimate of drug-likeness (QED) is 0.826. The minimum absolute atomic E-state index is 0. The molecule has 0 bridgehead atoms. The molecule has 5 heteroatoms. The Kier molecular flexibility index (Phi) is 5.36. The first-order valence-corrected chi connectivity index (χ1v) is 5.43. The van der Waals surface area contributed by atoms with E-state index in [4.69, 9.17) is 5.73 Å². The molecule has 0 aromatic heterocycles. The highest BCUT2D eigenvalue weighted by molar-refractivity contribution is 9.10. The van der Waals surface area contributed by atoms with Gasteiger partial charge in [0.05, 0.1) is 0 Å². The Bertz CT molecular complexity index is 354. The van der Waals surface area contributed by atoms with Crippen molar-refractivity contribution in [2.75, 3.05) is 0 Å².